The minimum Gasteiger partial charge on any atom is -0.481 e. The second-order valence-corrected chi connectivity index (χ2v) is 4.81. The number of carbonyl (C=O) groups is 1. The van der Waals surface area contributed by atoms with Crippen molar-refractivity contribution in [3.63, 3.8) is 0 Å². The Morgan fingerprint density at radius 3 is 2.74 bits per heavy atom. The molecule has 23 heavy (non-hydrogen) atoms. The van der Waals surface area contributed by atoms with Gasteiger partial charge in [0.2, 0.25) is 11.8 Å². The van der Waals surface area contributed by atoms with Crippen LogP contribution in [0, 0.1) is 0 Å². The normalized spacial score (nSPS) is 11.4. The molecule has 2 aromatic heterocycles. The Labute approximate surface area is 134 Å². The van der Waals surface area contributed by atoms with E-state index in [1.807, 2.05) is 6.92 Å². The highest BCUT2D eigenvalue weighted by molar-refractivity contribution is 5.90. The first-order chi connectivity index (χ1) is 11.1. The minimum atomic E-state index is -0.355. The molecule has 122 valence electrons. The number of carbonyl (C=O) groups excluding carboxylic acids is 1. The summed E-state index contributed by atoms with van der Waals surface area (Å²) in [7, 11) is 2.98. The highest BCUT2D eigenvalue weighted by Crippen LogP contribution is 2.24. The molecule has 2 aromatic rings. The Bertz CT molecular complexity index is 651. The van der Waals surface area contributed by atoms with Crippen LogP contribution in [0.4, 0.5) is 10.5 Å². The topological polar surface area (TPSA) is 98.3 Å². The van der Waals surface area contributed by atoms with E-state index in [1.165, 1.54) is 14.2 Å². The number of anilines is 1. The van der Waals surface area contributed by atoms with E-state index in [0.29, 0.717) is 18.0 Å². The van der Waals surface area contributed by atoms with Crippen LogP contribution in [0.5, 0.6) is 11.8 Å². The van der Waals surface area contributed by atoms with Crippen molar-refractivity contribution < 1.29 is 14.3 Å². The average molecular weight is 317 g/mol. The highest BCUT2D eigenvalue weighted by atomic mass is 16.5. The van der Waals surface area contributed by atoms with Crippen LogP contribution in [-0.2, 0) is 6.42 Å². The molecule has 0 radical (unpaired) electrons. The molecule has 2 N–H and O–H groups in total. The molecular weight excluding hydrogens is 298 g/mol. The number of hydrogen-bond acceptors (Lipinski definition) is 6. The molecule has 2 heterocycles. The van der Waals surface area contributed by atoms with Crippen molar-refractivity contribution in [3.8, 4) is 11.8 Å². The van der Waals surface area contributed by atoms with Crippen LogP contribution in [0.15, 0.2) is 30.7 Å². The molecule has 2 rings (SSSR count). The summed E-state index contributed by atoms with van der Waals surface area (Å²) in [6.07, 6.45) is 5.49. The number of pyridine rings is 1. The number of methoxy groups -OCH3 is 2. The third kappa shape index (κ3) is 4.80. The van der Waals surface area contributed by atoms with Gasteiger partial charge in [-0.2, -0.15) is 4.98 Å². The molecule has 0 aromatic carbocycles. The zero-order valence-corrected chi connectivity index (χ0v) is 13.2. The van der Waals surface area contributed by atoms with Crippen LogP contribution in [-0.4, -0.2) is 41.2 Å². The van der Waals surface area contributed by atoms with Gasteiger partial charge in [0.1, 0.15) is 5.69 Å². The fraction of sp³-hybridized carbons (Fsp3) is 0.333. The highest BCUT2D eigenvalue weighted by Gasteiger charge is 2.13. The van der Waals surface area contributed by atoms with Crippen molar-refractivity contribution in [1.82, 2.24) is 20.3 Å². The molecule has 0 saturated heterocycles. The van der Waals surface area contributed by atoms with Gasteiger partial charge in [-0.3, -0.25) is 9.97 Å². The molecule has 0 saturated carbocycles. The fourth-order valence-corrected chi connectivity index (χ4v) is 1.97. The van der Waals surface area contributed by atoms with Gasteiger partial charge in [0.05, 0.1) is 19.9 Å². The van der Waals surface area contributed by atoms with Gasteiger partial charge in [-0.1, -0.05) is 0 Å². The fourth-order valence-electron chi connectivity index (χ4n) is 1.97. The van der Waals surface area contributed by atoms with Gasteiger partial charge in [0.15, 0.2) is 0 Å². The Hall–Kier alpha value is -2.90. The molecule has 0 spiro atoms. The van der Waals surface area contributed by atoms with E-state index in [1.54, 1.807) is 30.7 Å². The molecule has 0 aliphatic rings. The lowest BCUT2D eigenvalue weighted by molar-refractivity contribution is 0.249. The van der Waals surface area contributed by atoms with Crippen LogP contribution < -0.4 is 20.1 Å². The van der Waals surface area contributed by atoms with E-state index in [-0.39, 0.29) is 18.0 Å². The first-order valence-corrected chi connectivity index (χ1v) is 7.03. The third-order valence-electron chi connectivity index (χ3n) is 2.99. The molecule has 1 atom stereocenters. The minimum absolute atomic E-state index is 0.107. The SMILES string of the molecule is COc1ccc(NC(=O)N[C@@H](C)Cc2cnccn2)c(OC)n1. The summed E-state index contributed by atoms with van der Waals surface area (Å²) in [5.74, 6) is 0.685. The van der Waals surface area contributed by atoms with Crippen LogP contribution in [0.25, 0.3) is 0 Å². The third-order valence-corrected chi connectivity index (χ3v) is 2.99. The van der Waals surface area contributed by atoms with E-state index in [0.717, 1.165) is 5.69 Å². The molecule has 0 bridgehead atoms. The summed E-state index contributed by atoms with van der Waals surface area (Å²) in [4.78, 5) is 24.3. The molecule has 2 amide bonds. The van der Waals surface area contributed by atoms with Gasteiger partial charge in [0, 0.05) is 37.1 Å². The smallest absolute Gasteiger partial charge is 0.319 e. The van der Waals surface area contributed by atoms with Crippen molar-refractivity contribution in [2.24, 2.45) is 0 Å². The van der Waals surface area contributed by atoms with E-state index in [2.05, 4.69) is 25.6 Å². The maximum atomic E-state index is 12.1. The molecule has 0 fully saturated rings. The predicted octanol–water partition coefficient (Wildman–Crippen LogP) is 1.64. The van der Waals surface area contributed by atoms with E-state index in [9.17, 15) is 4.79 Å². The number of hydrogen-bond donors (Lipinski definition) is 2. The number of nitrogens with one attached hydrogen (secondary N) is 2. The van der Waals surface area contributed by atoms with Gasteiger partial charge in [0.25, 0.3) is 0 Å². The summed E-state index contributed by atoms with van der Waals surface area (Å²) in [5, 5.41) is 5.52. The van der Waals surface area contributed by atoms with Crippen LogP contribution in [0.1, 0.15) is 12.6 Å². The van der Waals surface area contributed by atoms with Crippen LogP contribution in [0.2, 0.25) is 0 Å². The van der Waals surface area contributed by atoms with Gasteiger partial charge in [-0.15, -0.1) is 0 Å². The Morgan fingerprint density at radius 1 is 1.26 bits per heavy atom. The van der Waals surface area contributed by atoms with E-state index >= 15 is 0 Å². The maximum absolute atomic E-state index is 12.1. The van der Waals surface area contributed by atoms with Crippen molar-refractivity contribution in [1.29, 1.82) is 0 Å². The van der Waals surface area contributed by atoms with Gasteiger partial charge < -0.3 is 20.1 Å². The second kappa shape index (κ2) is 7.92. The lowest BCUT2D eigenvalue weighted by atomic mass is 10.2. The average Bonchev–Trinajstić information content (AvgIpc) is 2.55. The van der Waals surface area contributed by atoms with Crippen molar-refractivity contribution in [2.75, 3.05) is 19.5 Å². The largest absolute Gasteiger partial charge is 0.481 e. The number of rotatable bonds is 6. The summed E-state index contributed by atoms with van der Waals surface area (Å²) >= 11 is 0. The standard InChI is InChI=1S/C15H19N5O3/c1-10(8-11-9-16-6-7-17-11)18-15(21)19-12-4-5-13(22-2)20-14(12)23-3/h4-7,9-10H,8H2,1-3H3,(H2,18,19,21)/t10-/m0/s1. The number of ether oxygens (including phenoxy) is 2. The van der Waals surface area contributed by atoms with Gasteiger partial charge in [-0.05, 0) is 13.0 Å². The van der Waals surface area contributed by atoms with Crippen LogP contribution >= 0.6 is 0 Å². The molecule has 0 aliphatic heterocycles. The molecule has 8 nitrogen and oxygen atoms in total. The second-order valence-electron chi connectivity index (χ2n) is 4.81. The maximum Gasteiger partial charge on any atom is 0.319 e. The van der Waals surface area contributed by atoms with Crippen molar-refractivity contribution in [3.05, 3.63) is 36.4 Å². The lowest BCUT2D eigenvalue weighted by Gasteiger charge is -2.15. The zero-order chi connectivity index (χ0) is 16.7. The predicted molar refractivity (Wildman–Crippen MR) is 84.7 cm³/mol. The van der Waals surface area contributed by atoms with Gasteiger partial charge >= 0.3 is 6.03 Å². The summed E-state index contributed by atoms with van der Waals surface area (Å²) < 4.78 is 10.2. The first-order valence-electron chi connectivity index (χ1n) is 7.03. The molecule has 8 heteroatoms. The van der Waals surface area contributed by atoms with E-state index in [4.69, 9.17) is 9.47 Å². The Balaban J connectivity index is 1.94. The Morgan fingerprint density at radius 2 is 2.09 bits per heavy atom. The Kier molecular flexibility index (Phi) is 5.67. The van der Waals surface area contributed by atoms with Gasteiger partial charge in [-0.25, -0.2) is 4.79 Å². The number of aromatic nitrogens is 3. The quantitative estimate of drug-likeness (QED) is 0.840. The van der Waals surface area contributed by atoms with Crippen LogP contribution in [0.3, 0.4) is 0 Å². The lowest BCUT2D eigenvalue weighted by Crippen LogP contribution is -2.37. The zero-order valence-electron chi connectivity index (χ0n) is 13.2. The van der Waals surface area contributed by atoms with E-state index < -0.39 is 0 Å². The van der Waals surface area contributed by atoms with Crippen molar-refractivity contribution in [2.45, 2.75) is 19.4 Å². The summed E-state index contributed by atoms with van der Waals surface area (Å²) in [6, 6.07) is 2.84. The number of amides is 2. The number of nitrogens with zero attached hydrogens (tertiary/aromatic N) is 3. The first kappa shape index (κ1) is 16.5. The molecule has 0 aliphatic carbocycles. The van der Waals surface area contributed by atoms with Crippen molar-refractivity contribution >= 4 is 11.7 Å². The summed E-state index contributed by atoms with van der Waals surface area (Å²) in [6.45, 7) is 1.89. The number of urea groups is 1. The summed E-state index contributed by atoms with van der Waals surface area (Å²) in [5.41, 5.74) is 1.27. The molecule has 0 unspecified atom stereocenters. The monoisotopic (exact) mass is 317 g/mol. The molecular formula is C15H19N5O3.